The van der Waals surface area contributed by atoms with Crippen LogP contribution >= 0.6 is 0 Å². The maximum absolute atomic E-state index is 12.8. The lowest BCUT2D eigenvalue weighted by atomic mass is 10.1. The third kappa shape index (κ3) is 5.21. The number of carbonyl (C=O) groups excluding carboxylic acids is 2. The lowest BCUT2D eigenvalue weighted by molar-refractivity contribution is -0.917. The minimum Gasteiger partial charge on any atom is -0.341 e. The van der Waals surface area contributed by atoms with Crippen molar-refractivity contribution in [3.05, 3.63) is 75.3 Å². The zero-order valence-electron chi connectivity index (χ0n) is 17.3. The Balaban J connectivity index is 1.52. The molecule has 8 heteroatoms. The zero-order chi connectivity index (χ0) is 21.7. The second-order valence-electron chi connectivity index (χ2n) is 7.68. The van der Waals surface area contributed by atoms with E-state index in [1.165, 1.54) is 40.3 Å². The van der Waals surface area contributed by atoms with Crippen molar-refractivity contribution in [1.29, 1.82) is 0 Å². The minimum atomic E-state index is -0.699. The van der Waals surface area contributed by atoms with Gasteiger partial charge in [0.15, 0.2) is 0 Å². The van der Waals surface area contributed by atoms with E-state index in [-0.39, 0.29) is 17.2 Å². The Labute approximate surface area is 175 Å². The Morgan fingerprint density at radius 3 is 2.53 bits per heavy atom. The molecule has 30 heavy (non-hydrogen) atoms. The Morgan fingerprint density at radius 2 is 1.87 bits per heavy atom. The lowest BCUT2D eigenvalue weighted by Gasteiger charge is -2.34. The Kier molecular flexibility index (Phi) is 6.79. The molecule has 8 nitrogen and oxygen atoms in total. The first-order valence-electron chi connectivity index (χ1n) is 10.1. The molecule has 1 atom stereocenters. The summed E-state index contributed by atoms with van der Waals surface area (Å²) in [5.41, 5.74) is 2.61. The number of non-ortho nitro benzene ring substituents is 1. The maximum Gasteiger partial charge on any atom is 0.270 e. The van der Waals surface area contributed by atoms with Crippen molar-refractivity contribution in [2.24, 2.45) is 0 Å². The van der Waals surface area contributed by atoms with Crippen molar-refractivity contribution in [2.45, 2.75) is 26.4 Å². The standard InChI is InChI=1S/C22H26N4O4/c1-16-6-3-4-7-19(16)15-24-10-12-25(13-11-24)22(28)17(2)23-21(27)18-8-5-9-20(14-18)26(29)30/h3-9,14,17H,10-13,15H2,1-2H3,(H,23,27)/p+1/t17-/m0/s1. The highest BCUT2D eigenvalue weighted by molar-refractivity contribution is 5.97. The summed E-state index contributed by atoms with van der Waals surface area (Å²) in [6, 6.07) is 13.1. The van der Waals surface area contributed by atoms with Crippen LogP contribution in [0.2, 0.25) is 0 Å². The van der Waals surface area contributed by atoms with E-state index in [0.717, 1.165) is 19.6 Å². The van der Waals surface area contributed by atoms with Gasteiger partial charge in [0.05, 0.1) is 31.1 Å². The summed E-state index contributed by atoms with van der Waals surface area (Å²) in [5.74, 6) is -0.632. The van der Waals surface area contributed by atoms with Gasteiger partial charge in [-0.1, -0.05) is 30.3 Å². The average Bonchev–Trinajstić information content (AvgIpc) is 2.75. The predicted octanol–water partition coefficient (Wildman–Crippen LogP) is 0.949. The molecule has 2 N–H and O–H groups in total. The van der Waals surface area contributed by atoms with Gasteiger partial charge in [-0.3, -0.25) is 19.7 Å². The Bertz CT molecular complexity index is 938. The number of hydrogen-bond donors (Lipinski definition) is 2. The molecule has 0 radical (unpaired) electrons. The number of benzene rings is 2. The fourth-order valence-electron chi connectivity index (χ4n) is 3.67. The number of amides is 2. The lowest BCUT2D eigenvalue weighted by Crippen LogP contribution is -3.13. The Morgan fingerprint density at radius 1 is 1.17 bits per heavy atom. The van der Waals surface area contributed by atoms with Crippen molar-refractivity contribution < 1.29 is 19.4 Å². The van der Waals surface area contributed by atoms with Gasteiger partial charge in [-0.05, 0) is 25.5 Å². The topological polar surface area (TPSA) is 97.0 Å². The van der Waals surface area contributed by atoms with E-state index in [4.69, 9.17) is 0 Å². The number of nitro benzene ring substituents is 1. The highest BCUT2D eigenvalue weighted by Gasteiger charge is 2.28. The third-order valence-electron chi connectivity index (χ3n) is 5.52. The fourth-order valence-corrected chi connectivity index (χ4v) is 3.67. The van der Waals surface area contributed by atoms with Gasteiger partial charge >= 0.3 is 0 Å². The normalized spacial score (nSPS) is 15.5. The molecule has 2 amide bonds. The van der Waals surface area contributed by atoms with Crippen LogP contribution in [0.4, 0.5) is 5.69 Å². The van der Waals surface area contributed by atoms with Crippen LogP contribution in [0.5, 0.6) is 0 Å². The second-order valence-corrected chi connectivity index (χ2v) is 7.68. The molecule has 3 rings (SSSR count). The van der Waals surface area contributed by atoms with Gasteiger partial charge in [-0.25, -0.2) is 0 Å². The number of hydrogen-bond acceptors (Lipinski definition) is 4. The van der Waals surface area contributed by atoms with E-state index in [9.17, 15) is 19.7 Å². The van der Waals surface area contributed by atoms with Gasteiger partial charge < -0.3 is 15.1 Å². The summed E-state index contributed by atoms with van der Waals surface area (Å²) in [4.78, 5) is 38.7. The maximum atomic E-state index is 12.8. The van der Waals surface area contributed by atoms with Crippen molar-refractivity contribution in [1.82, 2.24) is 10.2 Å². The monoisotopic (exact) mass is 411 g/mol. The van der Waals surface area contributed by atoms with E-state index >= 15 is 0 Å². The molecule has 1 aliphatic rings. The van der Waals surface area contributed by atoms with Gasteiger partial charge in [0.2, 0.25) is 5.91 Å². The first-order chi connectivity index (χ1) is 14.3. The van der Waals surface area contributed by atoms with Crippen LogP contribution in [0.25, 0.3) is 0 Å². The highest BCUT2D eigenvalue weighted by atomic mass is 16.6. The number of nitrogens with one attached hydrogen (secondary N) is 2. The van der Waals surface area contributed by atoms with Crippen LogP contribution in [0.3, 0.4) is 0 Å². The van der Waals surface area contributed by atoms with Crippen molar-refractivity contribution >= 4 is 17.5 Å². The molecule has 1 heterocycles. The smallest absolute Gasteiger partial charge is 0.270 e. The van der Waals surface area contributed by atoms with Crippen LogP contribution in [-0.4, -0.2) is 53.9 Å². The van der Waals surface area contributed by atoms with E-state index < -0.39 is 16.9 Å². The molecule has 0 spiro atoms. The summed E-state index contributed by atoms with van der Waals surface area (Å²) in [7, 11) is 0. The number of aryl methyl sites for hydroxylation is 1. The molecular formula is C22H27N4O4+. The van der Waals surface area contributed by atoms with Crippen LogP contribution in [-0.2, 0) is 11.3 Å². The largest absolute Gasteiger partial charge is 0.341 e. The SMILES string of the molecule is Cc1ccccc1C[NH+]1CCN(C(=O)[C@H](C)NC(=O)c2cccc([N+](=O)[O-])c2)CC1. The number of nitro groups is 1. The quantitative estimate of drug-likeness (QED) is 0.546. The third-order valence-corrected chi connectivity index (χ3v) is 5.52. The van der Waals surface area contributed by atoms with E-state index in [1.807, 2.05) is 12.1 Å². The molecule has 0 bridgehead atoms. The first-order valence-corrected chi connectivity index (χ1v) is 10.1. The summed E-state index contributed by atoms with van der Waals surface area (Å²) >= 11 is 0. The number of nitrogens with zero attached hydrogens (tertiary/aromatic N) is 2. The summed E-state index contributed by atoms with van der Waals surface area (Å²) in [6.07, 6.45) is 0. The van der Waals surface area contributed by atoms with Crippen LogP contribution < -0.4 is 10.2 Å². The zero-order valence-corrected chi connectivity index (χ0v) is 17.3. The van der Waals surface area contributed by atoms with Gasteiger partial charge in [0.25, 0.3) is 11.6 Å². The molecule has 1 fully saturated rings. The molecule has 158 valence electrons. The van der Waals surface area contributed by atoms with Crippen LogP contribution in [0.1, 0.15) is 28.4 Å². The van der Waals surface area contributed by atoms with Crippen LogP contribution in [0.15, 0.2) is 48.5 Å². The van der Waals surface area contributed by atoms with Gasteiger partial charge in [-0.2, -0.15) is 0 Å². The van der Waals surface area contributed by atoms with Crippen molar-refractivity contribution in [3.8, 4) is 0 Å². The number of piperazine rings is 1. The molecule has 0 aliphatic carbocycles. The summed E-state index contributed by atoms with van der Waals surface area (Å²) in [6.45, 7) is 7.67. The van der Waals surface area contributed by atoms with E-state index in [0.29, 0.717) is 13.1 Å². The van der Waals surface area contributed by atoms with Crippen LogP contribution in [0, 0.1) is 17.0 Å². The Hall–Kier alpha value is -3.26. The van der Waals surface area contributed by atoms with E-state index in [2.05, 4.69) is 24.4 Å². The number of rotatable bonds is 6. The number of carbonyl (C=O) groups is 2. The van der Waals surface area contributed by atoms with E-state index in [1.54, 1.807) is 11.8 Å². The predicted molar refractivity (Wildman–Crippen MR) is 112 cm³/mol. The summed E-state index contributed by atoms with van der Waals surface area (Å²) in [5, 5.41) is 13.5. The summed E-state index contributed by atoms with van der Waals surface area (Å²) < 4.78 is 0. The molecule has 0 saturated carbocycles. The molecule has 1 saturated heterocycles. The highest BCUT2D eigenvalue weighted by Crippen LogP contribution is 2.13. The van der Waals surface area contributed by atoms with Gasteiger partial charge in [0, 0.05) is 23.3 Å². The second kappa shape index (κ2) is 9.49. The van der Waals surface area contributed by atoms with Gasteiger partial charge in [-0.15, -0.1) is 0 Å². The van der Waals surface area contributed by atoms with Crippen molar-refractivity contribution in [2.75, 3.05) is 26.2 Å². The molecule has 2 aromatic carbocycles. The molecular weight excluding hydrogens is 384 g/mol. The average molecular weight is 411 g/mol. The molecule has 0 unspecified atom stereocenters. The van der Waals surface area contributed by atoms with Gasteiger partial charge in [0.1, 0.15) is 12.6 Å². The molecule has 1 aliphatic heterocycles. The minimum absolute atomic E-state index is 0.135. The fraction of sp³-hybridized carbons (Fsp3) is 0.364. The van der Waals surface area contributed by atoms with Crippen molar-refractivity contribution in [3.63, 3.8) is 0 Å². The number of quaternary nitrogens is 1. The molecule has 0 aromatic heterocycles. The first kappa shape index (κ1) is 21.4. The molecule has 2 aromatic rings.